The van der Waals surface area contributed by atoms with Crippen LogP contribution in [-0.4, -0.2) is 91.3 Å². The molecule has 4 aromatic rings. The van der Waals surface area contributed by atoms with E-state index in [0.717, 1.165) is 18.2 Å². The quantitative estimate of drug-likeness (QED) is 0.129. The Hall–Kier alpha value is -4.89. The second-order valence-corrected chi connectivity index (χ2v) is 11.2. The van der Waals surface area contributed by atoms with E-state index in [4.69, 9.17) is 0 Å². The van der Waals surface area contributed by atoms with E-state index in [1.165, 1.54) is 28.3 Å². The van der Waals surface area contributed by atoms with Gasteiger partial charge in [-0.25, -0.2) is 0 Å². The van der Waals surface area contributed by atoms with Gasteiger partial charge in [0, 0.05) is 36.6 Å². The summed E-state index contributed by atoms with van der Waals surface area (Å²) in [5.41, 5.74) is 1.01. The number of hydrogen-bond donors (Lipinski definition) is 5. The van der Waals surface area contributed by atoms with Gasteiger partial charge in [0.1, 0.15) is 11.5 Å². The zero-order chi connectivity index (χ0) is 31.9. The van der Waals surface area contributed by atoms with E-state index in [1.807, 2.05) is 0 Å². The summed E-state index contributed by atoms with van der Waals surface area (Å²) in [7, 11) is -4.69. The highest BCUT2D eigenvalue weighted by molar-refractivity contribution is 7.85. The number of aromatic nitrogens is 2. The minimum Gasteiger partial charge on any atom is -0.508 e. The summed E-state index contributed by atoms with van der Waals surface area (Å²) in [5, 5.41) is 41.3. The molecule has 14 heteroatoms. The summed E-state index contributed by atoms with van der Waals surface area (Å²) in [4.78, 5) is 35.3. The molecular weight excluding hydrogens is 592 g/mol. The van der Waals surface area contributed by atoms with Crippen LogP contribution in [0.4, 0.5) is 0 Å². The van der Waals surface area contributed by atoms with Crippen LogP contribution < -0.4 is 0 Å². The van der Waals surface area contributed by atoms with E-state index in [9.17, 15) is 43.0 Å². The van der Waals surface area contributed by atoms with E-state index in [-0.39, 0.29) is 35.8 Å². The zero-order valence-electron chi connectivity index (χ0n) is 23.2. The molecule has 0 aliphatic carbocycles. The van der Waals surface area contributed by atoms with Crippen LogP contribution in [0.5, 0.6) is 11.5 Å². The molecule has 0 aliphatic heterocycles. The summed E-state index contributed by atoms with van der Waals surface area (Å²) < 4.78 is 33.6. The monoisotopic (exact) mass is 622 g/mol. The molecule has 2 heterocycles. The minimum absolute atomic E-state index is 0.0492. The highest BCUT2D eigenvalue weighted by Crippen LogP contribution is 2.36. The van der Waals surface area contributed by atoms with Gasteiger partial charge in [-0.15, -0.1) is 0 Å². The number of carboxylic acid groups (broad SMARTS) is 2. The number of phenolic OH excluding ortho intramolecular Hbond substituents is 2. The van der Waals surface area contributed by atoms with Crippen LogP contribution in [-0.2, 0) is 19.7 Å². The molecule has 0 fully saturated rings. The molecule has 2 aromatic carbocycles. The van der Waals surface area contributed by atoms with E-state index in [2.05, 4.69) is 9.97 Å². The normalized spacial score (nSPS) is 13.1. The van der Waals surface area contributed by atoms with Crippen molar-refractivity contribution in [2.75, 3.05) is 26.2 Å². The Morgan fingerprint density at radius 2 is 1.16 bits per heavy atom. The minimum atomic E-state index is -4.69. The first-order valence-electron chi connectivity index (χ1n) is 13.3. The van der Waals surface area contributed by atoms with Crippen molar-refractivity contribution in [1.29, 1.82) is 0 Å². The Morgan fingerprint density at radius 3 is 1.61 bits per heavy atom. The zero-order valence-corrected chi connectivity index (χ0v) is 24.0. The van der Waals surface area contributed by atoms with Crippen molar-refractivity contribution < 1.29 is 43.0 Å². The van der Waals surface area contributed by atoms with Crippen molar-refractivity contribution in [3.63, 3.8) is 0 Å². The molecule has 2 aromatic heterocycles. The van der Waals surface area contributed by atoms with Crippen LogP contribution >= 0.6 is 0 Å². The third-order valence-electron chi connectivity index (χ3n) is 6.84. The Morgan fingerprint density at radius 1 is 0.682 bits per heavy atom. The summed E-state index contributed by atoms with van der Waals surface area (Å²) in [6.45, 7) is -1.36. The van der Waals surface area contributed by atoms with Crippen LogP contribution in [0.25, 0.3) is 0 Å². The second kappa shape index (κ2) is 14.1. The van der Waals surface area contributed by atoms with E-state index in [1.54, 1.807) is 54.6 Å². The van der Waals surface area contributed by atoms with E-state index >= 15 is 0 Å². The Balaban J connectivity index is 1.82. The summed E-state index contributed by atoms with van der Waals surface area (Å²) in [6.07, 6.45) is 2.97. The molecule has 13 nitrogen and oxygen atoms in total. The lowest BCUT2D eigenvalue weighted by atomic mass is 9.98. The number of aromatic hydroxyl groups is 2. The maximum Gasteiger partial charge on any atom is 0.317 e. The number of hydrogen-bond acceptors (Lipinski definition) is 10. The molecule has 0 saturated heterocycles. The second-order valence-electron chi connectivity index (χ2n) is 9.80. The predicted molar refractivity (Wildman–Crippen MR) is 157 cm³/mol. The average Bonchev–Trinajstić information content (AvgIpc) is 2.98. The molecule has 0 aliphatic rings. The number of para-hydroxylation sites is 1. The molecule has 0 spiro atoms. The Bertz CT molecular complexity index is 1710. The van der Waals surface area contributed by atoms with Crippen molar-refractivity contribution in [2.24, 2.45) is 0 Å². The smallest absolute Gasteiger partial charge is 0.317 e. The van der Waals surface area contributed by atoms with Crippen LogP contribution in [0.3, 0.4) is 0 Å². The molecule has 0 amide bonds. The fourth-order valence-electron chi connectivity index (χ4n) is 5.00. The Labute approximate surface area is 253 Å². The van der Waals surface area contributed by atoms with Gasteiger partial charge in [0.05, 0.1) is 41.5 Å². The number of carboxylic acids is 2. The summed E-state index contributed by atoms with van der Waals surface area (Å²) in [5.74, 6) is -2.93. The molecule has 4 rings (SSSR count). The number of benzene rings is 2. The van der Waals surface area contributed by atoms with Crippen LogP contribution in [0, 0.1) is 0 Å². The van der Waals surface area contributed by atoms with E-state index < -0.39 is 52.1 Å². The van der Waals surface area contributed by atoms with Gasteiger partial charge in [0.15, 0.2) is 0 Å². The van der Waals surface area contributed by atoms with Gasteiger partial charge in [0.2, 0.25) is 0 Å². The molecule has 230 valence electrons. The lowest BCUT2D eigenvalue weighted by Crippen LogP contribution is -2.43. The molecule has 0 bridgehead atoms. The fourth-order valence-corrected chi connectivity index (χ4v) is 5.51. The van der Waals surface area contributed by atoms with Gasteiger partial charge < -0.3 is 20.4 Å². The first kappa shape index (κ1) is 32.0. The number of carbonyl (C=O) groups is 2. The first-order chi connectivity index (χ1) is 21.0. The largest absolute Gasteiger partial charge is 0.508 e. The SMILES string of the molecule is O=C(O)CN(CCN(CC(=O)O)[C@H](c1ccccn1)c1cc(S(=O)(=O)O)ccc1O)C(c1ccccn1)c1ccccc1O. The van der Waals surface area contributed by atoms with Gasteiger partial charge in [-0.2, -0.15) is 8.42 Å². The molecule has 0 saturated carbocycles. The maximum absolute atomic E-state index is 12.1. The Kier molecular flexibility index (Phi) is 10.2. The van der Waals surface area contributed by atoms with Crippen LogP contribution in [0.1, 0.15) is 34.6 Å². The molecule has 0 radical (unpaired) electrons. The molecule has 2 atom stereocenters. The van der Waals surface area contributed by atoms with Crippen molar-refractivity contribution >= 4 is 22.1 Å². The van der Waals surface area contributed by atoms with Crippen LogP contribution in [0.2, 0.25) is 0 Å². The summed E-state index contributed by atoms with van der Waals surface area (Å²) in [6, 6.07) is 17.4. The highest BCUT2D eigenvalue weighted by Gasteiger charge is 2.32. The molecule has 5 N–H and O–H groups in total. The molecule has 1 unspecified atom stereocenters. The molecular formula is C30H30N4O9S. The van der Waals surface area contributed by atoms with Gasteiger partial charge in [-0.3, -0.25) is 33.9 Å². The number of aliphatic carboxylic acids is 2. The van der Waals surface area contributed by atoms with Crippen molar-refractivity contribution in [2.45, 2.75) is 17.0 Å². The lowest BCUT2D eigenvalue weighted by Gasteiger charge is -2.35. The predicted octanol–water partition coefficient (Wildman–Crippen LogP) is 2.79. The maximum atomic E-state index is 12.1. The van der Waals surface area contributed by atoms with Gasteiger partial charge >= 0.3 is 11.9 Å². The fraction of sp³-hybridized carbons (Fsp3) is 0.200. The van der Waals surface area contributed by atoms with Crippen molar-refractivity contribution in [3.05, 3.63) is 114 Å². The first-order valence-corrected chi connectivity index (χ1v) is 14.7. The third-order valence-corrected chi connectivity index (χ3v) is 7.69. The van der Waals surface area contributed by atoms with Crippen LogP contribution in [0.15, 0.2) is 96.2 Å². The number of rotatable bonds is 14. The highest BCUT2D eigenvalue weighted by atomic mass is 32.2. The average molecular weight is 623 g/mol. The van der Waals surface area contributed by atoms with Gasteiger partial charge in [0.25, 0.3) is 10.1 Å². The van der Waals surface area contributed by atoms with E-state index in [0.29, 0.717) is 11.3 Å². The molecule has 44 heavy (non-hydrogen) atoms. The lowest BCUT2D eigenvalue weighted by molar-refractivity contribution is -0.140. The summed E-state index contributed by atoms with van der Waals surface area (Å²) >= 11 is 0. The number of nitrogens with zero attached hydrogens (tertiary/aromatic N) is 4. The third kappa shape index (κ3) is 7.93. The van der Waals surface area contributed by atoms with Gasteiger partial charge in [-0.05, 0) is 48.5 Å². The standard InChI is InChI=1S/C30H30N4O9S/c35-25-10-2-1-7-21(25)29(23-8-3-5-13-31-23)33(18-27(37)38)15-16-34(19-28(39)40)30(24-9-4-6-14-32-24)22-17-20(44(41,42)43)11-12-26(22)36/h1-14,17,29-30,35-36H,15-16,18-19H2,(H,37,38)(H,39,40)(H,41,42,43)/t29?,30-/m0/s1. The number of pyridine rings is 2. The number of phenols is 2. The van der Waals surface area contributed by atoms with Gasteiger partial charge in [-0.1, -0.05) is 30.3 Å². The van der Waals surface area contributed by atoms with Crippen molar-refractivity contribution in [1.82, 2.24) is 19.8 Å². The topological polar surface area (TPSA) is 202 Å². The van der Waals surface area contributed by atoms with Crippen molar-refractivity contribution in [3.8, 4) is 11.5 Å².